The van der Waals surface area contributed by atoms with Gasteiger partial charge in [0.2, 0.25) is 23.6 Å². The quantitative estimate of drug-likeness (QED) is 0.132. The van der Waals surface area contributed by atoms with E-state index >= 15 is 0 Å². The molecule has 107 heavy (non-hydrogen) atoms. The highest BCUT2D eigenvalue weighted by Crippen LogP contribution is 2.33. The number of amides is 6. The number of likely N-dealkylation sites (tertiary alicyclic amines) is 3. The highest BCUT2D eigenvalue weighted by molar-refractivity contribution is 6.21. The number of nitrogens with one attached hydrogen (secondary N) is 2. The van der Waals surface area contributed by atoms with Crippen LogP contribution in [0.1, 0.15) is 242 Å². The summed E-state index contributed by atoms with van der Waals surface area (Å²) in [6, 6.07) is 51.0. The molecule has 17 heteroatoms. The van der Waals surface area contributed by atoms with Crippen molar-refractivity contribution < 1.29 is 28.8 Å². The van der Waals surface area contributed by atoms with Crippen molar-refractivity contribution in [3.8, 4) is 0 Å². The van der Waals surface area contributed by atoms with Gasteiger partial charge in [0.05, 0.1) is 34.4 Å². The van der Waals surface area contributed by atoms with Crippen LogP contribution in [-0.4, -0.2) is 118 Å². The molecular formula is C90H117N9O8. The minimum absolute atomic E-state index is 0.0174. The highest BCUT2D eigenvalue weighted by Gasteiger charge is 2.37. The van der Waals surface area contributed by atoms with E-state index in [1.54, 1.807) is 28.8 Å². The van der Waals surface area contributed by atoms with E-state index in [9.17, 15) is 38.4 Å². The summed E-state index contributed by atoms with van der Waals surface area (Å²) in [6.45, 7) is 39.8. The Morgan fingerprint density at radius 3 is 1.40 bits per heavy atom. The van der Waals surface area contributed by atoms with Crippen molar-refractivity contribution >= 4 is 80.1 Å². The first kappa shape index (κ1) is 84.4. The van der Waals surface area contributed by atoms with E-state index in [0.29, 0.717) is 65.6 Å². The van der Waals surface area contributed by atoms with Crippen LogP contribution in [0.15, 0.2) is 177 Å². The van der Waals surface area contributed by atoms with Crippen molar-refractivity contribution in [1.82, 2.24) is 34.1 Å². The van der Waals surface area contributed by atoms with Crippen LogP contribution in [0.5, 0.6) is 0 Å². The molecule has 0 spiro atoms. The molecule has 7 aliphatic rings. The summed E-state index contributed by atoms with van der Waals surface area (Å²) >= 11 is 0. The van der Waals surface area contributed by atoms with Gasteiger partial charge in [-0.15, -0.1) is 0 Å². The Morgan fingerprint density at radius 2 is 0.897 bits per heavy atom. The smallest absolute Gasteiger partial charge is 0.326 e. The Bertz CT molecular complexity index is 4460. The normalized spacial score (nSPS) is 15.4. The summed E-state index contributed by atoms with van der Waals surface area (Å²) in [5, 5.41) is 1.09. The second kappa shape index (κ2) is 40.2. The number of hydrogen-bond acceptors (Lipinski definition) is 10. The molecule has 0 bridgehead atoms. The first-order valence-corrected chi connectivity index (χ1v) is 38.7. The lowest BCUT2D eigenvalue weighted by Crippen LogP contribution is -2.44. The number of carbonyl (C=O) groups excluding carboxylic acids is 6. The molecular weight excluding hydrogens is 1340 g/mol. The van der Waals surface area contributed by atoms with Gasteiger partial charge >= 0.3 is 5.69 Å². The van der Waals surface area contributed by atoms with Crippen LogP contribution in [0, 0.1) is 17.8 Å². The van der Waals surface area contributed by atoms with Gasteiger partial charge in [-0.2, -0.15) is 0 Å². The van der Waals surface area contributed by atoms with Gasteiger partial charge < -0.3 is 19.8 Å². The van der Waals surface area contributed by atoms with Crippen molar-refractivity contribution in [1.29, 1.82) is 0 Å². The maximum absolute atomic E-state index is 11.8. The van der Waals surface area contributed by atoms with Gasteiger partial charge in [0.1, 0.15) is 0 Å². The third-order valence-electron chi connectivity index (χ3n) is 19.5. The fraction of sp³-hybridized carbons (Fsp3) is 0.444. The van der Waals surface area contributed by atoms with Gasteiger partial charge in [0.25, 0.3) is 17.4 Å². The van der Waals surface area contributed by atoms with E-state index in [2.05, 4.69) is 162 Å². The van der Waals surface area contributed by atoms with Crippen molar-refractivity contribution in [2.75, 3.05) is 13.1 Å². The number of allylic oxidation sites excluding steroid dienone is 2. The largest absolute Gasteiger partial charge is 0.340 e. The lowest BCUT2D eigenvalue weighted by molar-refractivity contribution is -0.150. The molecule has 17 nitrogen and oxygen atoms in total. The number of carbonyl (C=O) groups is 6. The summed E-state index contributed by atoms with van der Waals surface area (Å²) in [5.41, 5.74) is 17.0. The number of aromatic nitrogens is 3. The number of para-hydroxylation sites is 4. The number of aliphatic imine (C=N–C) groups is 2. The third-order valence-corrected chi connectivity index (χ3v) is 19.5. The number of imidazole rings is 1. The molecule has 2 aromatic heterocycles. The molecule has 6 aromatic carbocycles. The zero-order chi connectivity index (χ0) is 78.3. The third kappa shape index (κ3) is 22.8. The minimum Gasteiger partial charge on any atom is -0.340 e. The van der Waals surface area contributed by atoms with Crippen LogP contribution in [-0.2, 0) is 38.6 Å². The standard InChI is InChI=1S/C12H13NO.C12H14.C11H11NO2.2C11H13N.C10H12N2O.C8H13NO2.C8H15NO.C7H13NO/c1-8(2)10-7-9-5-3-4-6-11(9)13-12(10)14;1-9(2)11-8-7-10-5-3-4-6-12(10)11;1-7(2)12-10(13)8-5-3-4-6-9(8)11(12)14;1-8(2)11-10-6-4-3-5-9(10)7-12-11;1-8(2)11-7-9-5-3-4-6-10(9)12-11;1-7(2)12-9-6-4-3-5-8(9)11-10(12)13;1-6(2)9-7(10)4-3-5-8(9)11;1-7(2)9-6-4-3-5-8(9)10;1-6(2)8-5-3-4-7(8)9/h3-8H,1-2H3,(H,13,14);3-6,8-9H,7H2,1-2H3;3-7H,1-2H3;2*3-6,8H,7H2,1-2H3;3-7H,1-2H3,(H,11,13);6H,3-5H2,1-2H3;7H,3-6H2,1-2H3;6H,3-5H2,1-2H3. The lowest BCUT2D eigenvalue weighted by Gasteiger charge is -2.30. The molecule has 6 aliphatic heterocycles. The molecule has 8 aromatic rings. The summed E-state index contributed by atoms with van der Waals surface area (Å²) in [5.74, 6) is 2.32. The summed E-state index contributed by atoms with van der Waals surface area (Å²) in [4.78, 5) is 112. The SMILES string of the molecule is CC(C)C1=CCc2ccccc21.CC(C)C1=NCc2ccccc21.CC(C)C1=Nc2ccccc2C1.CC(C)N1C(=O)CCCC1=O.CC(C)N1C(=O)c2ccccc2C1=O.CC(C)N1CCCC1=O.CC(C)N1CCCCC1=O.CC(C)c1cc2ccccc2[nH]c1=O.CC(C)n1c(=O)[nH]c2ccccc21. The number of hydrogen-bond donors (Lipinski definition) is 2. The van der Waals surface area contributed by atoms with Crippen molar-refractivity contribution in [2.45, 2.75) is 232 Å². The van der Waals surface area contributed by atoms with Gasteiger partial charge in [-0.05, 0) is 201 Å². The predicted octanol–water partition coefficient (Wildman–Crippen LogP) is 18.5. The second-order valence-corrected chi connectivity index (χ2v) is 30.6. The number of imide groups is 2. The minimum atomic E-state index is -0.180. The van der Waals surface area contributed by atoms with Gasteiger partial charge in [-0.3, -0.25) is 57.9 Å². The van der Waals surface area contributed by atoms with Gasteiger partial charge in [0.15, 0.2) is 0 Å². The van der Waals surface area contributed by atoms with E-state index < -0.39 is 0 Å². The average Bonchev–Trinajstić information content (AvgIpc) is 1.63. The first-order valence-electron chi connectivity index (χ1n) is 38.7. The fourth-order valence-electron chi connectivity index (χ4n) is 13.8. The number of nitrogens with zero attached hydrogens (tertiary/aromatic N) is 7. The van der Waals surface area contributed by atoms with Crippen LogP contribution < -0.4 is 11.2 Å². The Morgan fingerprint density at radius 1 is 0.402 bits per heavy atom. The fourth-order valence-corrected chi connectivity index (χ4v) is 13.8. The van der Waals surface area contributed by atoms with E-state index in [4.69, 9.17) is 0 Å². The van der Waals surface area contributed by atoms with Crippen LogP contribution >= 0.6 is 0 Å². The zero-order valence-electron chi connectivity index (χ0n) is 66.8. The highest BCUT2D eigenvalue weighted by atomic mass is 16.2. The second-order valence-electron chi connectivity index (χ2n) is 30.6. The summed E-state index contributed by atoms with van der Waals surface area (Å²) in [7, 11) is 0. The van der Waals surface area contributed by atoms with Crippen LogP contribution in [0.25, 0.3) is 27.5 Å². The van der Waals surface area contributed by atoms with Crippen LogP contribution in [0.4, 0.5) is 5.69 Å². The van der Waals surface area contributed by atoms with E-state index in [-0.39, 0.29) is 58.9 Å². The maximum Gasteiger partial charge on any atom is 0.326 e. The van der Waals surface area contributed by atoms with E-state index in [1.165, 1.54) is 66.7 Å². The number of fused-ring (bicyclic) bond motifs is 6. The topological polar surface area (TPSA) is 211 Å². The number of benzene rings is 6. The van der Waals surface area contributed by atoms with Crippen molar-refractivity contribution in [2.24, 2.45) is 27.7 Å². The Balaban J connectivity index is 0.000000168. The maximum atomic E-state index is 11.8. The van der Waals surface area contributed by atoms with Crippen molar-refractivity contribution in [3.63, 3.8) is 0 Å². The monoisotopic (exact) mass is 1450 g/mol. The lowest BCUT2D eigenvalue weighted by atomic mass is 9.97. The summed E-state index contributed by atoms with van der Waals surface area (Å²) < 4.78 is 1.76. The number of H-pyrrole nitrogens is 2. The van der Waals surface area contributed by atoms with Crippen molar-refractivity contribution in [3.05, 3.63) is 223 Å². The molecule has 2 N–H and O–H groups in total. The molecule has 8 heterocycles. The Kier molecular flexibility index (Phi) is 31.7. The number of pyridine rings is 1. The molecule has 3 saturated heterocycles. The van der Waals surface area contributed by atoms with Gasteiger partial charge in [-0.1, -0.05) is 171 Å². The molecule has 15 rings (SSSR count). The number of rotatable bonds is 9. The van der Waals surface area contributed by atoms with Crippen LogP contribution in [0.2, 0.25) is 0 Å². The first-order chi connectivity index (χ1) is 50.9. The summed E-state index contributed by atoms with van der Waals surface area (Å²) in [6.07, 6.45) is 11.2. The molecule has 1 aliphatic carbocycles. The van der Waals surface area contributed by atoms with Crippen LogP contribution in [0.3, 0.4) is 0 Å². The Hall–Kier alpha value is -9.90. The number of piperidine rings is 2. The molecule has 6 amide bonds. The zero-order valence-corrected chi connectivity index (χ0v) is 66.8. The molecule has 3 fully saturated rings. The Labute approximate surface area is 635 Å². The molecule has 0 unspecified atom stereocenters. The molecule has 0 saturated carbocycles. The van der Waals surface area contributed by atoms with Gasteiger partial charge in [-0.25, -0.2) is 4.79 Å². The average molecular weight is 1450 g/mol. The van der Waals surface area contributed by atoms with E-state index in [0.717, 1.165) is 92.1 Å². The predicted molar refractivity (Wildman–Crippen MR) is 438 cm³/mol. The molecule has 0 radical (unpaired) electrons. The van der Waals surface area contributed by atoms with E-state index in [1.807, 2.05) is 126 Å². The van der Waals surface area contributed by atoms with Gasteiger partial charge in [0, 0.05) is 103 Å². The number of aromatic amines is 2. The molecule has 0 atom stereocenters. The molecule has 570 valence electrons.